The van der Waals surface area contributed by atoms with Crippen LogP contribution >= 0.6 is 0 Å². The third kappa shape index (κ3) is 1.59. The van der Waals surface area contributed by atoms with E-state index in [0.717, 1.165) is 0 Å². The Morgan fingerprint density at radius 3 is 2.53 bits per heavy atom. The molecular formula is C10H6FNO3. The lowest BCUT2D eigenvalue weighted by Crippen LogP contribution is -1.96. The molecule has 0 atom stereocenters. The van der Waals surface area contributed by atoms with Crippen molar-refractivity contribution in [1.29, 1.82) is 0 Å². The van der Waals surface area contributed by atoms with Gasteiger partial charge in [-0.25, -0.2) is 4.79 Å². The Hall–Kier alpha value is -2.17. The third-order valence-electron chi connectivity index (χ3n) is 1.88. The molecule has 0 aliphatic carbocycles. The summed E-state index contributed by atoms with van der Waals surface area (Å²) in [6.07, 6.45) is 0. The van der Waals surface area contributed by atoms with Gasteiger partial charge in [-0.3, -0.25) is 0 Å². The third-order valence-corrected chi connectivity index (χ3v) is 1.88. The van der Waals surface area contributed by atoms with Crippen molar-refractivity contribution in [1.82, 2.24) is 5.16 Å². The summed E-state index contributed by atoms with van der Waals surface area (Å²) in [6.45, 7) is 0. The molecule has 1 N–H and O–H groups in total. The number of carboxylic acid groups (broad SMARTS) is 1. The summed E-state index contributed by atoms with van der Waals surface area (Å²) < 4.78 is 17.8. The van der Waals surface area contributed by atoms with Crippen molar-refractivity contribution in [3.05, 3.63) is 41.9 Å². The Kier molecular flexibility index (Phi) is 2.21. The fraction of sp³-hybridized carbons (Fsp3) is 0. The van der Waals surface area contributed by atoms with E-state index in [1.54, 1.807) is 30.3 Å². The molecule has 0 spiro atoms. The van der Waals surface area contributed by atoms with E-state index >= 15 is 0 Å². The number of halogens is 1. The minimum Gasteiger partial charge on any atom is -0.475 e. The number of hydrogen-bond acceptors (Lipinski definition) is 3. The van der Waals surface area contributed by atoms with Crippen LogP contribution in [0, 0.1) is 5.82 Å². The molecule has 76 valence electrons. The van der Waals surface area contributed by atoms with Crippen molar-refractivity contribution in [2.45, 2.75) is 0 Å². The lowest BCUT2D eigenvalue weighted by Gasteiger charge is -1.93. The molecule has 0 bridgehead atoms. The smallest absolute Gasteiger partial charge is 0.377 e. The molecular weight excluding hydrogens is 201 g/mol. The van der Waals surface area contributed by atoms with Gasteiger partial charge in [-0.2, -0.15) is 4.39 Å². The number of nitrogens with zero attached hydrogens (tertiary/aromatic N) is 1. The Labute approximate surface area is 83.9 Å². The van der Waals surface area contributed by atoms with Crippen LogP contribution in [-0.4, -0.2) is 16.2 Å². The van der Waals surface area contributed by atoms with Crippen molar-refractivity contribution >= 4 is 5.97 Å². The van der Waals surface area contributed by atoms with E-state index in [4.69, 9.17) is 5.11 Å². The quantitative estimate of drug-likeness (QED) is 0.819. The van der Waals surface area contributed by atoms with Crippen LogP contribution < -0.4 is 0 Å². The molecule has 1 aromatic carbocycles. The zero-order valence-electron chi connectivity index (χ0n) is 7.48. The maximum Gasteiger partial charge on any atom is 0.377 e. The average Bonchev–Trinajstić information content (AvgIpc) is 2.61. The molecule has 4 nitrogen and oxygen atoms in total. The first kappa shape index (κ1) is 9.39. The minimum atomic E-state index is -1.47. The summed E-state index contributed by atoms with van der Waals surface area (Å²) in [5.41, 5.74) is 0.388. The number of benzene rings is 1. The van der Waals surface area contributed by atoms with Crippen LogP contribution in [0.25, 0.3) is 11.3 Å². The van der Waals surface area contributed by atoms with Crippen molar-refractivity contribution in [3.63, 3.8) is 0 Å². The first-order valence-corrected chi connectivity index (χ1v) is 4.14. The predicted octanol–water partition coefficient (Wildman–Crippen LogP) is 2.18. The van der Waals surface area contributed by atoms with Gasteiger partial charge in [-0.15, -0.1) is 0 Å². The number of carbonyl (C=O) groups is 1. The Balaban J connectivity index is 2.52. The summed E-state index contributed by atoms with van der Waals surface area (Å²) in [5.74, 6) is -3.19. The van der Waals surface area contributed by atoms with Crippen molar-refractivity contribution in [2.24, 2.45) is 0 Å². The Morgan fingerprint density at radius 2 is 2.00 bits per heavy atom. The monoisotopic (exact) mass is 207 g/mol. The SMILES string of the molecule is O=C(O)c1onc(-c2ccccc2)c1F. The maximum atomic E-state index is 13.4. The number of carboxylic acids is 1. The summed E-state index contributed by atoms with van der Waals surface area (Å²) in [5, 5.41) is 11.9. The lowest BCUT2D eigenvalue weighted by molar-refractivity contribution is 0.0645. The van der Waals surface area contributed by atoms with Crippen molar-refractivity contribution in [2.75, 3.05) is 0 Å². The molecule has 0 aliphatic heterocycles. The van der Waals surface area contributed by atoms with Gasteiger partial charge in [0.15, 0.2) is 5.69 Å². The molecule has 0 amide bonds. The molecule has 15 heavy (non-hydrogen) atoms. The van der Waals surface area contributed by atoms with Crippen LogP contribution in [0.5, 0.6) is 0 Å². The molecule has 0 aliphatic rings. The van der Waals surface area contributed by atoms with E-state index in [0.29, 0.717) is 5.56 Å². The van der Waals surface area contributed by atoms with Crippen LogP contribution in [0.1, 0.15) is 10.6 Å². The Morgan fingerprint density at radius 1 is 1.33 bits per heavy atom. The molecule has 1 heterocycles. The van der Waals surface area contributed by atoms with Gasteiger partial charge < -0.3 is 9.63 Å². The van der Waals surface area contributed by atoms with Gasteiger partial charge in [0.2, 0.25) is 5.82 Å². The standard InChI is InChI=1S/C10H6FNO3/c11-7-8(6-4-2-1-3-5-6)12-15-9(7)10(13)14/h1-5H,(H,13,14). The molecule has 5 heteroatoms. The summed E-state index contributed by atoms with van der Waals surface area (Å²) in [7, 11) is 0. The molecule has 2 rings (SSSR count). The van der Waals surface area contributed by atoms with E-state index in [-0.39, 0.29) is 5.69 Å². The Bertz CT molecular complexity index is 493. The second-order valence-corrected chi connectivity index (χ2v) is 2.85. The minimum absolute atomic E-state index is 0.0898. The fourth-order valence-electron chi connectivity index (χ4n) is 1.19. The maximum absolute atomic E-state index is 13.4. The zero-order valence-corrected chi connectivity index (χ0v) is 7.48. The molecule has 0 saturated carbocycles. The highest BCUT2D eigenvalue weighted by molar-refractivity contribution is 5.86. The highest BCUT2D eigenvalue weighted by Gasteiger charge is 2.22. The topological polar surface area (TPSA) is 63.3 Å². The van der Waals surface area contributed by atoms with Gasteiger partial charge in [-0.1, -0.05) is 35.5 Å². The van der Waals surface area contributed by atoms with Gasteiger partial charge in [0.25, 0.3) is 5.76 Å². The van der Waals surface area contributed by atoms with E-state index in [9.17, 15) is 9.18 Å². The largest absolute Gasteiger partial charge is 0.475 e. The normalized spacial score (nSPS) is 10.2. The van der Waals surface area contributed by atoms with E-state index < -0.39 is 17.5 Å². The first-order valence-electron chi connectivity index (χ1n) is 4.14. The second-order valence-electron chi connectivity index (χ2n) is 2.85. The molecule has 0 saturated heterocycles. The van der Waals surface area contributed by atoms with Gasteiger partial charge in [-0.05, 0) is 0 Å². The van der Waals surface area contributed by atoms with E-state index in [1.165, 1.54) is 0 Å². The van der Waals surface area contributed by atoms with E-state index in [1.807, 2.05) is 0 Å². The van der Waals surface area contributed by atoms with Crippen LogP contribution in [0.2, 0.25) is 0 Å². The molecule has 2 aromatic rings. The van der Waals surface area contributed by atoms with Gasteiger partial charge in [0.1, 0.15) is 0 Å². The molecule has 1 aromatic heterocycles. The lowest BCUT2D eigenvalue weighted by atomic mass is 10.1. The van der Waals surface area contributed by atoms with Crippen LogP contribution in [0.15, 0.2) is 34.9 Å². The van der Waals surface area contributed by atoms with Gasteiger partial charge in [0.05, 0.1) is 0 Å². The summed E-state index contributed by atoms with van der Waals surface area (Å²) in [4.78, 5) is 10.5. The van der Waals surface area contributed by atoms with E-state index in [2.05, 4.69) is 9.68 Å². The number of aromatic nitrogens is 1. The van der Waals surface area contributed by atoms with Gasteiger partial charge in [0, 0.05) is 5.56 Å². The summed E-state index contributed by atoms with van der Waals surface area (Å²) >= 11 is 0. The first-order chi connectivity index (χ1) is 7.20. The highest BCUT2D eigenvalue weighted by Crippen LogP contribution is 2.23. The fourth-order valence-corrected chi connectivity index (χ4v) is 1.19. The molecule has 0 fully saturated rings. The summed E-state index contributed by atoms with van der Waals surface area (Å²) in [6, 6.07) is 8.40. The zero-order chi connectivity index (χ0) is 10.8. The number of hydrogen-bond donors (Lipinski definition) is 1. The van der Waals surface area contributed by atoms with Crippen molar-refractivity contribution < 1.29 is 18.8 Å². The van der Waals surface area contributed by atoms with Crippen molar-refractivity contribution in [3.8, 4) is 11.3 Å². The highest BCUT2D eigenvalue weighted by atomic mass is 19.1. The van der Waals surface area contributed by atoms with Crippen LogP contribution in [-0.2, 0) is 0 Å². The number of rotatable bonds is 2. The van der Waals surface area contributed by atoms with Gasteiger partial charge >= 0.3 is 5.97 Å². The second kappa shape index (κ2) is 3.53. The average molecular weight is 207 g/mol. The van der Waals surface area contributed by atoms with Crippen LogP contribution in [0.4, 0.5) is 4.39 Å². The predicted molar refractivity (Wildman–Crippen MR) is 48.9 cm³/mol. The number of aromatic carboxylic acids is 1. The molecule has 0 radical (unpaired) electrons. The molecule has 0 unspecified atom stereocenters. The van der Waals surface area contributed by atoms with Crippen LogP contribution in [0.3, 0.4) is 0 Å².